The lowest BCUT2D eigenvalue weighted by Crippen LogP contribution is -2.63. The minimum absolute atomic E-state index is 0.634. The zero-order valence-corrected chi connectivity index (χ0v) is 40.2. The third kappa shape index (κ3) is 10.8. The van der Waals surface area contributed by atoms with Crippen molar-refractivity contribution in [2.45, 2.75) is 180 Å². The highest BCUT2D eigenvalue weighted by Crippen LogP contribution is 2.54. The maximum atomic E-state index is 15.4. The van der Waals surface area contributed by atoms with E-state index in [0.29, 0.717) is 0 Å². The van der Waals surface area contributed by atoms with Crippen LogP contribution >= 0.6 is 0 Å². The van der Waals surface area contributed by atoms with Crippen LogP contribution in [0.5, 0.6) is 0 Å². The first-order valence-electron chi connectivity index (χ1n) is 26.2. The monoisotopic (exact) mass is 861 g/mol. The molecule has 7 rings (SSSR count). The van der Waals surface area contributed by atoms with Crippen molar-refractivity contribution < 1.29 is 10.2 Å². The Balaban J connectivity index is 1.28. The SMILES string of the molecule is CCCCCCCN(CCCCCCC)c1c2ccccc2c(C2C([O-])C(c3c4ccccc4c(N(CCCCCCC)CCCCCCC)c4ccccc34)C2[O-])c2ccccc12. The Hall–Kier alpha value is -4.12. The Bertz CT molecular complexity index is 2040. The summed E-state index contributed by atoms with van der Waals surface area (Å²) in [7, 11) is 0. The van der Waals surface area contributed by atoms with Gasteiger partial charge in [-0.3, -0.25) is 0 Å². The number of anilines is 2. The number of hydrogen-bond acceptors (Lipinski definition) is 4. The van der Waals surface area contributed by atoms with E-state index < -0.39 is 24.0 Å². The molecule has 64 heavy (non-hydrogen) atoms. The van der Waals surface area contributed by atoms with Gasteiger partial charge in [0.1, 0.15) is 0 Å². The first-order valence-corrected chi connectivity index (χ1v) is 26.2. The van der Waals surface area contributed by atoms with Gasteiger partial charge in [-0.25, -0.2) is 0 Å². The van der Waals surface area contributed by atoms with Crippen LogP contribution in [0.3, 0.4) is 0 Å². The fourth-order valence-corrected chi connectivity index (χ4v) is 11.3. The molecule has 0 heterocycles. The van der Waals surface area contributed by atoms with Crippen LogP contribution in [0.15, 0.2) is 97.1 Å². The summed E-state index contributed by atoms with van der Waals surface area (Å²) in [6.07, 6.45) is 22.8. The van der Waals surface area contributed by atoms with Crippen molar-refractivity contribution in [1.82, 2.24) is 0 Å². The molecule has 0 saturated heterocycles. The van der Waals surface area contributed by atoms with Crippen LogP contribution < -0.4 is 20.0 Å². The molecular weight excluding hydrogens is 781 g/mol. The highest BCUT2D eigenvalue weighted by molar-refractivity contribution is 6.16. The molecule has 0 N–H and O–H groups in total. The number of benzene rings is 6. The van der Waals surface area contributed by atoms with Crippen molar-refractivity contribution >= 4 is 54.5 Å². The van der Waals surface area contributed by atoms with E-state index in [9.17, 15) is 0 Å². The summed E-state index contributed by atoms with van der Waals surface area (Å²) < 4.78 is 0. The van der Waals surface area contributed by atoms with Crippen molar-refractivity contribution in [2.24, 2.45) is 0 Å². The summed E-state index contributed by atoms with van der Waals surface area (Å²) in [6, 6.07) is 34.9. The topological polar surface area (TPSA) is 52.6 Å². The number of fused-ring (bicyclic) bond motifs is 4. The minimum atomic E-state index is -1.06. The van der Waals surface area contributed by atoms with Gasteiger partial charge in [0, 0.05) is 47.7 Å². The van der Waals surface area contributed by atoms with E-state index in [1.807, 2.05) is 0 Å². The molecule has 0 aliphatic heterocycles. The normalized spacial score (nSPS) is 17.5. The first kappa shape index (κ1) is 47.8. The van der Waals surface area contributed by atoms with Gasteiger partial charge in [-0.1, -0.05) is 227 Å². The van der Waals surface area contributed by atoms with E-state index in [1.54, 1.807) is 0 Å². The molecule has 0 radical (unpaired) electrons. The van der Waals surface area contributed by atoms with Crippen LogP contribution in [0.2, 0.25) is 0 Å². The third-order valence-corrected chi connectivity index (χ3v) is 14.7. The van der Waals surface area contributed by atoms with E-state index in [4.69, 9.17) is 0 Å². The van der Waals surface area contributed by atoms with Crippen LogP contribution in [0.1, 0.15) is 179 Å². The first-order chi connectivity index (χ1) is 31.5. The molecule has 0 atom stereocenters. The van der Waals surface area contributed by atoms with Crippen LogP contribution in [0.25, 0.3) is 43.1 Å². The van der Waals surface area contributed by atoms with E-state index >= 15 is 10.2 Å². The summed E-state index contributed by atoms with van der Waals surface area (Å²) in [6.45, 7) is 13.2. The van der Waals surface area contributed by atoms with Gasteiger partial charge in [0.15, 0.2) is 0 Å². The molecule has 4 heteroatoms. The zero-order chi connectivity index (χ0) is 44.7. The van der Waals surface area contributed by atoms with E-state index in [1.165, 1.54) is 161 Å². The predicted octanol–water partition coefficient (Wildman–Crippen LogP) is 15.1. The number of hydrogen-bond donors (Lipinski definition) is 0. The molecular formula is C60H80N2O2-2. The molecule has 1 fully saturated rings. The quantitative estimate of drug-likeness (QED) is 0.0364. The lowest BCUT2D eigenvalue weighted by Gasteiger charge is -2.62. The van der Waals surface area contributed by atoms with Crippen molar-refractivity contribution in [1.29, 1.82) is 0 Å². The van der Waals surface area contributed by atoms with Crippen molar-refractivity contribution in [2.75, 3.05) is 36.0 Å². The van der Waals surface area contributed by atoms with Gasteiger partial charge < -0.3 is 20.0 Å². The highest BCUT2D eigenvalue weighted by Gasteiger charge is 2.42. The average molecular weight is 861 g/mol. The smallest absolute Gasteiger partial charge is 0.0525 e. The highest BCUT2D eigenvalue weighted by atomic mass is 16.3. The van der Waals surface area contributed by atoms with Gasteiger partial charge in [-0.2, -0.15) is 0 Å². The Labute approximate surface area is 387 Å². The van der Waals surface area contributed by atoms with Gasteiger partial charge >= 0.3 is 0 Å². The molecule has 0 unspecified atom stereocenters. The molecule has 4 nitrogen and oxygen atoms in total. The molecule has 6 aromatic carbocycles. The molecule has 1 aliphatic carbocycles. The lowest BCUT2D eigenvalue weighted by atomic mass is 9.60. The summed E-state index contributed by atoms with van der Waals surface area (Å²) in [5.74, 6) is -1.27. The fraction of sp³-hybridized carbons (Fsp3) is 0.533. The van der Waals surface area contributed by atoms with Crippen molar-refractivity contribution in [3.63, 3.8) is 0 Å². The van der Waals surface area contributed by atoms with Crippen LogP contribution in [0.4, 0.5) is 11.4 Å². The van der Waals surface area contributed by atoms with E-state index in [-0.39, 0.29) is 0 Å². The van der Waals surface area contributed by atoms with Crippen LogP contribution in [0, 0.1) is 0 Å². The van der Waals surface area contributed by atoms with Crippen molar-refractivity contribution in [3.05, 3.63) is 108 Å². The molecule has 0 amide bonds. The van der Waals surface area contributed by atoms with E-state index in [2.05, 4.69) is 135 Å². The Kier molecular flexibility index (Phi) is 18.2. The molecule has 344 valence electrons. The second-order valence-corrected chi connectivity index (χ2v) is 19.3. The third-order valence-electron chi connectivity index (χ3n) is 14.7. The van der Waals surface area contributed by atoms with Gasteiger partial charge in [0.2, 0.25) is 0 Å². The van der Waals surface area contributed by atoms with Gasteiger partial charge in [0.05, 0.1) is 11.4 Å². The second-order valence-electron chi connectivity index (χ2n) is 19.3. The molecule has 0 bridgehead atoms. The number of unbranched alkanes of at least 4 members (excludes halogenated alkanes) is 16. The molecule has 1 aliphatic rings. The Morgan fingerprint density at radius 1 is 0.312 bits per heavy atom. The molecule has 0 aromatic heterocycles. The number of rotatable bonds is 28. The fourth-order valence-electron chi connectivity index (χ4n) is 11.3. The molecule has 6 aromatic rings. The Morgan fingerprint density at radius 3 is 0.766 bits per heavy atom. The molecule has 0 spiro atoms. The molecule has 1 saturated carbocycles. The summed E-state index contributed by atoms with van der Waals surface area (Å²) >= 11 is 0. The van der Waals surface area contributed by atoms with Crippen LogP contribution in [-0.4, -0.2) is 38.4 Å². The van der Waals surface area contributed by atoms with Crippen molar-refractivity contribution in [3.8, 4) is 0 Å². The van der Waals surface area contributed by atoms with Gasteiger partial charge in [-0.05, 0) is 70.2 Å². The second kappa shape index (κ2) is 24.4. The number of nitrogens with zero attached hydrogens (tertiary/aromatic N) is 2. The van der Waals surface area contributed by atoms with Gasteiger partial charge in [-0.15, -0.1) is 12.2 Å². The standard InChI is InChI=1S/C60H80N2O2/c1-5-9-13-17-29-41-61(42-30-18-14-10-6-2)57-49-37-25-21-33-45(49)53(46-34-22-26-38-50(46)57)55-59(63)56(60(55)64)54-47-35-23-27-39-51(47)58(52-40-28-24-36-48(52)54)62(43-31-19-15-11-7-3)44-32-20-16-12-8-4/h21-28,33-40,55-56,59-60H,5-20,29-32,41-44H2,1-4H3/q-2. The van der Waals surface area contributed by atoms with Crippen LogP contribution in [-0.2, 0) is 0 Å². The lowest BCUT2D eigenvalue weighted by molar-refractivity contribution is -0.535. The largest absolute Gasteiger partial charge is 0.851 e. The average Bonchev–Trinajstić information content (AvgIpc) is 3.32. The minimum Gasteiger partial charge on any atom is -0.851 e. The summed E-state index contributed by atoms with van der Waals surface area (Å²) in [5, 5.41) is 39.8. The maximum Gasteiger partial charge on any atom is 0.0525 e. The Morgan fingerprint density at radius 2 is 0.531 bits per heavy atom. The summed E-state index contributed by atoms with van der Waals surface area (Å²) in [4.78, 5) is 5.33. The zero-order valence-electron chi connectivity index (χ0n) is 40.2. The predicted molar refractivity (Wildman–Crippen MR) is 275 cm³/mol. The maximum absolute atomic E-state index is 15.4. The van der Waals surface area contributed by atoms with Gasteiger partial charge in [0.25, 0.3) is 0 Å². The van der Waals surface area contributed by atoms with E-state index in [0.717, 1.165) is 58.9 Å². The summed E-state index contributed by atoms with van der Waals surface area (Å²) in [5.41, 5.74) is 4.52.